The SMILES string of the molecule is CCCCCCCCCCCc1noc(-c2ccc(CN(C(=O)C(=O)O)C(c3ccc(C(F)(F)F)cc3)C3CCCC3)cc2)n1. The Bertz CT molecular complexity index is 1350. The molecule has 0 saturated heterocycles. The first kappa shape index (κ1) is 34.2. The molecule has 0 spiro atoms. The largest absolute Gasteiger partial charge is 0.474 e. The van der Waals surface area contributed by atoms with Crippen molar-refractivity contribution in [3.63, 3.8) is 0 Å². The number of carbonyl (C=O) groups is 2. The minimum Gasteiger partial charge on any atom is -0.474 e. The van der Waals surface area contributed by atoms with Gasteiger partial charge in [-0.15, -0.1) is 0 Å². The fraction of sp³-hybridized carbons (Fsp3) is 0.543. The van der Waals surface area contributed by atoms with Crippen molar-refractivity contribution in [2.45, 2.75) is 116 Å². The number of benzene rings is 2. The van der Waals surface area contributed by atoms with Crippen molar-refractivity contribution in [2.75, 3.05) is 0 Å². The number of carbonyl (C=O) groups excluding carboxylic acids is 1. The molecule has 1 aliphatic carbocycles. The molecule has 1 heterocycles. The van der Waals surface area contributed by atoms with Gasteiger partial charge in [-0.3, -0.25) is 4.79 Å². The fourth-order valence-corrected chi connectivity index (χ4v) is 6.28. The van der Waals surface area contributed by atoms with Crippen LogP contribution in [0.2, 0.25) is 0 Å². The average Bonchev–Trinajstić information content (AvgIpc) is 3.73. The van der Waals surface area contributed by atoms with Gasteiger partial charge >= 0.3 is 18.1 Å². The van der Waals surface area contributed by atoms with Gasteiger partial charge in [-0.1, -0.05) is 101 Å². The topological polar surface area (TPSA) is 96.5 Å². The zero-order valence-electron chi connectivity index (χ0n) is 26.0. The summed E-state index contributed by atoms with van der Waals surface area (Å²) in [6.07, 6.45) is 10.7. The summed E-state index contributed by atoms with van der Waals surface area (Å²) in [5.41, 5.74) is 1.08. The highest BCUT2D eigenvalue weighted by molar-refractivity contribution is 6.31. The molecule has 0 aliphatic heterocycles. The van der Waals surface area contributed by atoms with Crippen LogP contribution >= 0.6 is 0 Å². The zero-order chi connectivity index (χ0) is 32.2. The number of carboxylic acid groups (broad SMARTS) is 1. The molecule has 1 N–H and O–H groups in total. The molecular formula is C35H44F3N3O4. The summed E-state index contributed by atoms with van der Waals surface area (Å²) >= 11 is 0. The first-order valence-electron chi connectivity index (χ1n) is 16.3. The van der Waals surface area contributed by atoms with Gasteiger partial charge in [0.2, 0.25) is 0 Å². The van der Waals surface area contributed by atoms with E-state index in [4.69, 9.17) is 4.52 Å². The van der Waals surface area contributed by atoms with Crippen LogP contribution in [0.1, 0.15) is 119 Å². The number of hydrogen-bond acceptors (Lipinski definition) is 5. The Balaban J connectivity index is 1.41. The predicted octanol–water partition coefficient (Wildman–Crippen LogP) is 9.17. The maximum Gasteiger partial charge on any atom is 0.416 e. The molecule has 1 saturated carbocycles. The van der Waals surface area contributed by atoms with Crippen molar-refractivity contribution in [2.24, 2.45) is 5.92 Å². The van der Waals surface area contributed by atoms with Gasteiger partial charge < -0.3 is 14.5 Å². The van der Waals surface area contributed by atoms with Crippen LogP contribution in [0, 0.1) is 5.92 Å². The van der Waals surface area contributed by atoms with Gasteiger partial charge in [-0.2, -0.15) is 18.2 Å². The summed E-state index contributed by atoms with van der Waals surface area (Å²) in [6, 6.07) is 11.2. The van der Waals surface area contributed by atoms with E-state index in [1.807, 2.05) is 0 Å². The summed E-state index contributed by atoms with van der Waals surface area (Å²) in [7, 11) is 0. The number of aliphatic carboxylic acids is 1. The molecule has 0 bridgehead atoms. The minimum atomic E-state index is -4.49. The van der Waals surface area contributed by atoms with Gasteiger partial charge in [0, 0.05) is 18.5 Å². The van der Waals surface area contributed by atoms with E-state index in [2.05, 4.69) is 17.1 Å². The number of aryl methyl sites for hydroxylation is 1. The number of alkyl halides is 3. The van der Waals surface area contributed by atoms with E-state index in [0.717, 1.165) is 57.1 Å². The summed E-state index contributed by atoms with van der Waals surface area (Å²) < 4.78 is 45.2. The Morgan fingerprint density at radius 2 is 1.51 bits per heavy atom. The maximum absolute atomic E-state index is 13.2. The Morgan fingerprint density at radius 1 is 0.911 bits per heavy atom. The number of unbranched alkanes of at least 4 members (excludes halogenated alkanes) is 8. The molecule has 3 aromatic rings. The lowest BCUT2D eigenvalue weighted by Gasteiger charge is -2.35. The maximum atomic E-state index is 13.2. The fourth-order valence-electron chi connectivity index (χ4n) is 6.28. The van der Waals surface area contributed by atoms with Gasteiger partial charge in [0.1, 0.15) is 0 Å². The third-order valence-corrected chi connectivity index (χ3v) is 8.73. The highest BCUT2D eigenvalue weighted by Gasteiger charge is 2.37. The van der Waals surface area contributed by atoms with Gasteiger partial charge in [-0.05, 0) is 60.6 Å². The van der Waals surface area contributed by atoms with Crippen molar-refractivity contribution < 1.29 is 32.4 Å². The normalized spacial score (nSPS) is 14.5. The first-order chi connectivity index (χ1) is 21.7. The highest BCUT2D eigenvalue weighted by Crippen LogP contribution is 2.41. The van der Waals surface area contributed by atoms with E-state index in [-0.39, 0.29) is 12.5 Å². The zero-order valence-corrected chi connectivity index (χ0v) is 26.0. The highest BCUT2D eigenvalue weighted by atomic mass is 19.4. The van der Waals surface area contributed by atoms with Gasteiger partial charge in [-0.25, -0.2) is 4.79 Å². The summed E-state index contributed by atoms with van der Waals surface area (Å²) in [6.45, 7) is 2.21. The van der Waals surface area contributed by atoms with E-state index in [1.165, 1.54) is 62.0 Å². The number of hydrogen-bond donors (Lipinski definition) is 1. The lowest BCUT2D eigenvalue weighted by Crippen LogP contribution is -2.41. The standard InChI is InChI=1S/C35H44F3N3O4/c1-2-3-4-5-6-7-8-9-10-15-30-39-32(45-40-30)28-18-16-25(17-19-28)24-41(33(42)34(43)44)31(26-13-11-12-14-26)27-20-22-29(23-21-27)35(36,37)38/h16-23,26,31H,2-15,24H2,1H3,(H,43,44). The van der Waals surface area contributed by atoms with Crippen molar-refractivity contribution in [3.05, 3.63) is 71.0 Å². The van der Waals surface area contributed by atoms with Crippen LogP contribution in [0.5, 0.6) is 0 Å². The molecule has 7 nitrogen and oxygen atoms in total. The first-order valence-corrected chi connectivity index (χ1v) is 16.3. The molecule has 45 heavy (non-hydrogen) atoms. The molecule has 1 atom stereocenters. The second kappa shape index (κ2) is 16.6. The van der Waals surface area contributed by atoms with E-state index >= 15 is 0 Å². The molecule has 244 valence electrons. The number of aromatic nitrogens is 2. The summed E-state index contributed by atoms with van der Waals surface area (Å²) in [5.74, 6) is -1.71. The Hall–Kier alpha value is -3.69. The van der Waals surface area contributed by atoms with E-state index in [1.54, 1.807) is 24.3 Å². The van der Waals surface area contributed by atoms with Crippen LogP contribution in [-0.4, -0.2) is 32.0 Å². The van der Waals surface area contributed by atoms with Crippen molar-refractivity contribution >= 4 is 11.9 Å². The quantitative estimate of drug-likeness (QED) is 0.126. The summed E-state index contributed by atoms with van der Waals surface area (Å²) in [4.78, 5) is 30.8. The average molecular weight is 628 g/mol. The van der Waals surface area contributed by atoms with Crippen LogP contribution in [0.15, 0.2) is 53.1 Å². The smallest absolute Gasteiger partial charge is 0.416 e. The Labute approximate surface area is 263 Å². The second-order valence-electron chi connectivity index (χ2n) is 12.1. The van der Waals surface area contributed by atoms with Crippen molar-refractivity contribution in [3.8, 4) is 11.5 Å². The van der Waals surface area contributed by atoms with Crippen molar-refractivity contribution in [1.29, 1.82) is 0 Å². The Morgan fingerprint density at radius 3 is 2.09 bits per heavy atom. The molecule has 10 heteroatoms. The number of rotatable bonds is 16. The molecule has 1 amide bonds. The lowest BCUT2D eigenvalue weighted by atomic mass is 9.89. The predicted molar refractivity (Wildman–Crippen MR) is 165 cm³/mol. The molecule has 0 radical (unpaired) electrons. The van der Waals surface area contributed by atoms with Crippen LogP contribution in [-0.2, 0) is 28.7 Å². The van der Waals surface area contributed by atoms with Crippen LogP contribution in [0.25, 0.3) is 11.5 Å². The lowest BCUT2D eigenvalue weighted by molar-refractivity contribution is -0.158. The van der Waals surface area contributed by atoms with Gasteiger partial charge in [0.15, 0.2) is 5.82 Å². The molecule has 1 unspecified atom stereocenters. The van der Waals surface area contributed by atoms with Crippen LogP contribution in [0.3, 0.4) is 0 Å². The van der Waals surface area contributed by atoms with E-state index in [9.17, 15) is 27.9 Å². The third kappa shape index (κ3) is 9.90. The number of nitrogens with zero attached hydrogens (tertiary/aromatic N) is 3. The van der Waals surface area contributed by atoms with E-state index in [0.29, 0.717) is 28.4 Å². The molecule has 1 aromatic heterocycles. The molecule has 1 fully saturated rings. The molecular weight excluding hydrogens is 583 g/mol. The number of halogens is 3. The molecule has 2 aromatic carbocycles. The van der Waals surface area contributed by atoms with Crippen LogP contribution in [0.4, 0.5) is 13.2 Å². The van der Waals surface area contributed by atoms with Gasteiger partial charge in [0.05, 0.1) is 11.6 Å². The second-order valence-corrected chi connectivity index (χ2v) is 12.1. The molecule has 4 rings (SSSR count). The monoisotopic (exact) mass is 627 g/mol. The third-order valence-electron chi connectivity index (χ3n) is 8.73. The van der Waals surface area contributed by atoms with Crippen LogP contribution < -0.4 is 0 Å². The summed E-state index contributed by atoms with van der Waals surface area (Å²) in [5, 5.41) is 13.8. The number of amides is 1. The number of carboxylic acids is 1. The van der Waals surface area contributed by atoms with E-state index < -0.39 is 29.7 Å². The Kier molecular flexibility index (Phi) is 12.6. The van der Waals surface area contributed by atoms with Crippen molar-refractivity contribution in [1.82, 2.24) is 15.0 Å². The molecule has 1 aliphatic rings. The minimum absolute atomic E-state index is 0.0126. The van der Waals surface area contributed by atoms with Gasteiger partial charge in [0.25, 0.3) is 5.89 Å².